The summed E-state index contributed by atoms with van der Waals surface area (Å²) < 4.78 is 16.4. The molecule has 1 saturated heterocycles. The molecule has 112 valence electrons. The Balaban J connectivity index is 2.28. The van der Waals surface area contributed by atoms with Crippen LogP contribution in [0.2, 0.25) is 0 Å². The molecule has 1 aliphatic heterocycles. The maximum atomic E-state index is 12.0. The van der Waals surface area contributed by atoms with Crippen LogP contribution in [0.5, 0.6) is 0 Å². The van der Waals surface area contributed by atoms with Crippen LogP contribution in [0, 0.1) is 11.8 Å². The smallest absolute Gasteiger partial charge is 0.376 e. The normalized spacial score (nSPS) is 22.4. The lowest BCUT2D eigenvalue weighted by Gasteiger charge is -2.09. The molecular weight excluding hydrogens is 258 g/mol. The lowest BCUT2D eigenvalue weighted by Crippen LogP contribution is -2.08. The summed E-state index contributed by atoms with van der Waals surface area (Å²) in [5, 5.41) is 0. The third-order valence-electron chi connectivity index (χ3n) is 3.41. The minimum atomic E-state index is -0.437. The molecule has 0 aliphatic carbocycles. The Morgan fingerprint density at radius 2 is 2.25 bits per heavy atom. The van der Waals surface area contributed by atoms with Gasteiger partial charge >= 0.3 is 5.97 Å². The SMILES string of the molecule is CCOC(=O)c1oc(C2OCCC2C)nc1CC(C)C. The van der Waals surface area contributed by atoms with Crippen LogP contribution in [0.1, 0.15) is 62.4 Å². The van der Waals surface area contributed by atoms with Crippen LogP contribution < -0.4 is 0 Å². The van der Waals surface area contributed by atoms with E-state index in [-0.39, 0.29) is 11.9 Å². The molecule has 5 heteroatoms. The molecule has 0 N–H and O–H groups in total. The van der Waals surface area contributed by atoms with Gasteiger partial charge in [-0.05, 0) is 31.6 Å². The Morgan fingerprint density at radius 3 is 2.80 bits per heavy atom. The second-order valence-electron chi connectivity index (χ2n) is 5.70. The van der Waals surface area contributed by atoms with Crippen LogP contribution >= 0.6 is 0 Å². The van der Waals surface area contributed by atoms with Crippen molar-refractivity contribution in [2.45, 2.75) is 46.6 Å². The van der Waals surface area contributed by atoms with Crippen molar-refractivity contribution in [1.82, 2.24) is 4.98 Å². The van der Waals surface area contributed by atoms with Gasteiger partial charge in [-0.2, -0.15) is 0 Å². The number of aromatic nitrogens is 1. The first-order valence-electron chi connectivity index (χ1n) is 7.31. The van der Waals surface area contributed by atoms with Gasteiger partial charge in [0.25, 0.3) is 0 Å². The lowest BCUT2D eigenvalue weighted by molar-refractivity contribution is 0.0456. The zero-order chi connectivity index (χ0) is 14.7. The number of ether oxygens (including phenoxy) is 2. The maximum absolute atomic E-state index is 12.0. The van der Waals surface area contributed by atoms with Gasteiger partial charge in [-0.1, -0.05) is 20.8 Å². The topological polar surface area (TPSA) is 61.6 Å². The van der Waals surface area contributed by atoms with Crippen molar-refractivity contribution in [3.63, 3.8) is 0 Å². The molecule has 2 rings (SSSR count). The molecule has 2 heterocycles. The van der Waals surface area contributed by atoms with Gasteiger partial charge in [0.05, 0.1) is 12.3 Å². The zero-order valence-electron chi connectivity index (χ0n) is 12.6. The molecule has 0 spiro atoms. The first-order valence-corrected chi connectivity index (χ1v) is 7.31. The second kappa shape index (κ2) is 6.39. The molecule has 0 aromatic carbocycles. The van der Waals surface area contributed by atoms with Crippen LogP contribution in [0.4, 0.5) is 0 Å². The second-order valence-corrected chi connectivity index (χ2v) is 5.70. The summed E-state index contributed by atoms with van der Waals surface area (Å²) in [7, 11) is 0. The van der Waals surface area contributed by atoms with Crippen molar-refractivity contribution in [3.8, 4) is 0 Å². The molecule has 0 saturated carbocycles. The number of carbonyl (C=O) groups excluding carboxylic acids is 1. The molecule has 2 atom stereocenters. The van der Waals surface area contributed by atoms with Gasteiger partial charge in [-0.15, -0.1) is 0 Å². The minimum Gasteiger partial charge on any atom is -0.460 e. The third-order valence-corrected chi connectivity index (χ3v) is 3.41. The lowest BCUT2D eigenvalue weighted by atomic mass is 10.0. The van der Waals surface area contributed by atoms with Crippen molar-refractivity contribution in [1.29, 1.82) is 0 Å². The molecule has 2 unspecified atom stereocenters. The Bertz CT molecular complexity index is 466. The van der Waals surface area contributed by atoms with Crippen LogP contribution in [0.25, 0.3) is 0 Å². The highest BCUT2D eigenvalue weighted by molar-refractivity contribution is 5.87. The highest BCUT2D eigenvalue weighted by Gasteiger charge is 2.33. The number of esters is 1. The van der Waals surface area contributed by atoms with Crippen molar-refractivity contribution in [2.24, 2.45) is 11.8 Å². The monoisotopic (exact) mass is 281 g/mol. The van der Waals surface area contributed by atoms with Crippen LogP contribution in [0.15, 0.2) is 4.42 Å². The Morgan fingerprint density at radius 1 is 1.50 bits per heavy atom. The number of hydrogen-bond donors (Lipinski definition) is 0. The largest absolute Gasteiger partial charge is 0.460 e. The number of oxazole rings is 1. The molecule has 0 radical (unpaired) electrons. The fraction of sp³-hybridized carbons (Fsp3) is 0.733. The molecule has 20 heavy (non-hydrogen) atoms. The molecular formula is C15H23NO4. The molecule has 1 aromatic rings. The molecule has 1 aliphatic rings. The number of nitrogens with zero attached hydrogens (tertiary/aromatic N) is 1. The third kappa shape index (κ3) is 3.20. The van der Waals surface area contributed by atoms with E-state index in [1.54, 1.807) is 6.92 Å². The Labute approximate surface area is 119 Å². The summed E-state index contributed by atoms with van der Waals surface area (Å²) >= 11 is 0. The van der Waals surface area contributed by atoms with E-state index >= 15 is 0 Å². The summed E-state index contributed by atoms with van der Waals surface area (Å²) in [4.78, 5) is 16.5. The Kier molecular flexibility index (Phi) is 4.81. The maximum Gasteiger partial charge on any atom is 0.376 e. The van der Waals surface area contributed by atoms with Gasteiger partial charge < -0.3 is 13.9 Å². The fourth-order valence-electron chi connectivity index (χ4n) is 2.38. The standard InChI is InChI=1S/C15H23NO4/c1-5-18-15(17)13-11(8-9(2)3)16-14(20-13)12-10(4)6-7-19-12/h9-10,12H,5-8H2,1-4H3. The van der Waals surface area contributed by atoms with E-state index in [1.807, 2.05) is 0 Å². The van der Waals surface area contributed by atoms with Gasteiger partial charge in [-0.25, -0.2) is 9.78 Å². The van der Waals surface area contributed by atoms with Gasteiger partial charge in [-0.3, -0.25) is 0 Å². The van der Waals surface area contributed by atoms with Crippen molar-refractivity contribution >= 4 is 5.97 Å². The molecule has 1 fully saturated rings. The predicted molar refractivity (Wildman–Crippen MR) is 73.5 cm³/mol. The average Bonchev–Trinajstić information content (AvgIpc) is 2.95. The average molecular weight is 281 g/mol. The van der Waals surface area contributed by atoms with Crippen molar-refractivity contribution in [3.05, 3.63) is 17.3 Å². The highest BCUT2D eigenvalue weighted by Crippen LogP contribution is 2.34. The van der Waals surface area contributed by atoms with E-state index in [9.17, 15) is 4.79 Å². The first-order chi connectivity index (χ1) is 9.52. The molecule has 1 aromatic heterocycles. The van der Waals surface area contributed by atoms with E-state index in [2.05, 4.69) is 25.8 Å². The zero-order valence-corrected chi connectivity index (χ0v) is 12.6. The summed E-state index contributed by atoms with van der Waals surface area (Å²) in [5.41, 5.74) is 0.677. The fourth-order valence-corrected chi connectivity index (χ4v) is 2.38. The van der Waals surface area contributed by atoms with E-state index in [1.165, 1.54) is 0 Å². The molecule has 0 amide bonds. The summed E-state index contributed by atoms with van der Waals surface area (Å²) in [5.74, 6) is 1.05. The van der Waals surface area contributed by atoms with Crippen LogP contribution in [0.3, 0.4) is 0 Å². The van der Waals surface area contributed by atoms with E-state index in [4.69, 9.17) is 13.9 Å². The summed E-state index contributed by atoms with van der Waals surface area (Å²) in [6.07, 6.45) is 1.53. The van der Waals surface area contributed by atoms with Gasteiger partial charge in [0.1, 0.15) is 6.10 Å². The van der Waals surface area contributed by atoms with Gasteiger partial charge in [0.15, 0.2) is 0 Å². The number of carbonyl (C=O) groups is 1. The number of hydrogen-bond acceptors (Lipinski definition) is 5. The van der Waals surface area contributed by atoms with Gasteiger partial charge in [0.2, 0.25) is 11.7 Å². The van der Waals surface area contributed by atoms with Gasteiger partial charge in [0, 0.05) is 6.61 Å². The highest BCUT2D eigenvalue weighted by atomic mass is 16.5. The molecule has 0 bridgehead atoms. The van der Waals surface area contributed by atoms with Crippen molar-refractivity contribution in [2.75, 3.05) is 13.2 Å². The van der Waals surface area contributed by atoms with E-state index < -0.39 is 5.97 Å². The quantitative estimate of drug-likeness (QED) is 0.776. The van der Waals surface area contributed by atoms with Crippen molar-refractivity contribution < 1.29 is 18.7 Å². The van der Waals surface area contributed by atoms with Crippen LogP contribution in [-0.2, 0) is 15.9 Å². The van der Waals surface area contributed by atoms with E-state index in [0.717, 1.165) is 6.42 Å². The Hall–Kier alpha value is -1.36. The minimum absolute atomic E-state index is 0.149. The summed E-state index contributed by atoms with van der Waals surface area (Å²) in [6.45, 7) is 9.08. The van der Waals surface area contributed by atoms with Crippen LogP contribution in [-0.4, -0.2) is 24.2 Å². The van der Waals surface area contributed by atoms with E-state index in [0.29, 0.717) is 43.1 Å². The molecule has 5 nitrogen and oxygen atoms in total. The number of rotatable bonds is 5. The predicted octanol–water partition coefficient (Wildman–Crippen LogP) is 3.15. The summed E-state index contributed by atoms with van der Waals surface area (Å²) in [6, 6.07) is 0. The first kappa shape index (κ1) is 15.0.